The third-order valence-corrected chi connectivity index (χ3v) is 3.60. The normalized spacial score (nSPS) is 12.5. The number of phenols is 1. The van der Waals surface area contributed by atoms with Crippen molar-refractivity contribution >= 4 is 28.6 Å². The smallest absolute Gasteiger partial charge is 0.320 e. The van der Waals surface area contributed by atoms with Gasteiger partial charge in [-0.3, -0.25) is 4.79 Å². The minimum atomic E-state index is -1.02. The van der Waals surface area contributed by atoms with E-state index in [9.17, 15) is 9.90 Å². The number of benzene rings is 1. The van der Waals surface area contributed by atoms with Crippen molar-refractivity contribution < 1.29 is 15.0 Å². The number of phenolic OH excluding ortho intramolecular Hbond substituents is 1. The highest BCUT2D eigenvalue weighted by atomic mass is 127. The fourth-order valence-corrected chi connectivity index (χ4v) is 1.78. The fourth-order valence-electron chi connectivity index (χ4n) is 1.26. The van der Waals surface area contributed by atoms with Crippen LogP contribution in [0, 0.1) is 10.5 Å². The first-order chi connectivity index (χ1) is 6.93. The fraction of sp³-hybridized carbons (Fsp3) is 0.300. The molecule has 5 heteroatoms. The summed E-state index contributed by atoms with van der Waals surface area (Å²) in [5.74, 6) is -0.807. The zero-order chi connectivity index (χ0) is 11.6. The van der Waals surface area contributed by atoms with Gasteiger partial charge in [-0.2, -0.15) is 0 Å². The standard InChI is InChI=1S/C10H12INO3/c1-5-6(4-7(12)10(14)15)2-3-8(13)9(5)11/h2-3,7,13H,4,12H2,1H3,(H,14,15)/t7-/m0/s1. The van der Waals surface area contributed by atoms with Gasteiger partial charge in [-0.1, -0.05) is 6.07 Å². The Kier molecular flexibility index (Phi) is 3.92. The lowest BCUT2D eigenvalue weighted by molar-refractivity contribution is -0.138. The molecule has 0 saturated heterocycles. The van der Waals surface area contributed by atoms with Gasteiger partial charge < -0.3 is 15.9 Å². The Hall–Kier alpha value is -0.820. The van der Waals surface area contributed by atoms with E-state index in [2.05, 4.69) is 0 Å². The van der Waals surface area contributed by atoms with Crippen LogP contribution in [0.4, 0.5) is 0 Å². The largest absolute Gasteiger partial charge is 0.507 e. The number of rotatable bonds is 3. The SMILES string of the molecule is Cc1c(C[C@H](N)C(=O)O)ccc(O)c1I. The molecule has 4 N–H and O–H groups in total. The Morgan fingerprint density at radius 2 is 2.20 bits per heavy atom. The summed E-state index contributed by atoms with van der Waals surface area (Å²) in [6.45, 7) is 1.84. The molecule has 82 valence electrons. The highest BCUT2D eigenvalue weighted by Gasteiger charge is 2.15. The summed E-state index contributed by atoms with van der Waals surface area (Å²) in [5.41, 5.74) is 7.18. The molecule has 0 aliphatic rings. The van der Waals surface area contributed by atoms with Crippen LogP contribution in [0.3, 0.4) is 0 Å². The van der Waals surface area contributed by atoms with Crippen LogP contribution in [-0.2, 0) is 11.2 Å². The second-order valence-corrected chi connectivity index (χ2v) is 4.41. The van der Waals surface area contributed by atoms with Gasteiger partial charge in [0.05, 0.1) is 3.57 Å². The van der Waals surface area contributed by atoms with Crippen molar-refractivity contribution in [3.8, 4) is 5.75 Å². The van der Waals surface area contributed by atoms with E-state index in [4.69, 9.17) is 10.8 Å². The van der Waals surface area contributed by atoms with Gasteiger partial charge in [-0.15, -0.1) is 0 Å². The molecule has 1 aromatic rings. The molecular weight excluding hydrogens is 309 g/mol. The van der Waals surface area contributed by atoms with Crippen LogP contribution < -0.4 is 5.73 Å². The van der Waals surface area contributed by atoms with Crippen molar-refractivity contribution in [1.82, 2.24) is 0 Å². The van der Waals surface area contributed by atoms with Crippen LogP contribution in [0.1, 0.15) is 11.1 Å². The zero-order valence-corrected chi connectivity index (χ0v) is 10.4. The molecule has 0 aliphatic heterocycles. The van der Waals surface area contributed by atoms with Crippen molar-refractivity contribution in [2.24, 2.45) is 5.73 Å². The van der Waals surface area contributed by atoms with Crippen molar-refractivity contribution in [2.45, 2.75) is 19.4 Å². The highest BCUT2D eigenvalue weighted by molar-refractivity contribution is 14.1. The maximum atomic E-state index is 10.6. The highest BCUT2D eigenvalue weighted by Crippen LogP contribution is 2.26. The maximum absolute atomic E-state index is 10.6. The first kappa shape index (κ1) is 12.3. The molecule has 1 atom stereocenters. The van der Waals surface area contributed by atoms with E-state index in [0.29, 0.717) is 0 Å². The summed E-state index contributed by atoms with van der Waals surface area (Å²) in [4.78, 5) is 10.6. The van der Waals surface area contributed by atoms with Crippen LogP contribution in [0.2, 0.25) is 0 Å². The summed E-state index contributed by atoms with van der Waals surface area (Å²) in [6, 6.07) is 2.36. The minimum Gasteiger partial charge on any atom is -0.507 e. The first-order valence-corrected chi connectivity index (χ1v) is 5.46. The molecule has 0 aliphatic carbocycles. The monoisotopic (exact) mass is 321 g/mol. The van der Waals surface area contributed by atoms with E-state index in [1.807, 2.05) is 29.5 Å². The molecular formula is C10H12INO3. The molecule has 0 radical (unpaired) electrons. The van der Waals surface area contributed by atoms with E-state index in [1.165, 1.54) is 0 Å². The zero-order valence-electron chi connectivity index (χ0n) is 8.20. The molecule has 0 unspecified atom stereocenters. The molecule has 0 heterocycles. The minimum absolute atomic E-state index is 0.209. The number of hydrogen-bond acceptors (Lipinski definition) is 3. The van der Waals surface area contributed by atoms with Crippen LogP contribution >= 0.6 is 22.6 Å². The Morgan fingerprint density at radius 1 is 1.60 bits per heavy atom. The Balaban J connectivity index is 2.97. The number of carboxylic acids is 1. The van der Waals surface area contributed by atoms with E-state index in [-0.39, 0.29) is 12.2 Å². The molecule has 0 amide bonds. The molecule has 15 heavy (non-hydrogen) atoms. The summed E-state index contributed by atoms with van der Waals surface area (Å²) < 4.78 is 0.739. The Bertz CT molecular complexity index is 392. The lowest BCUT2D eigenvalue weighted by atomic mass is 10.0. The number of aliphatic carboxylic acids is 1. The second kappa shape index (κ2) is 4.80. The molecule has 0 spiro atoms. The van der Waals surface area contributed by atoms with Crippen molar-refractivity contribution in [1.29, 1.82) is 0 Å². The van der Waals surface area contributed by atoms with Gasteiger partial charge in [0.25, 0.3) is 0 Å². The third kappa shape index (κ3) is 2.82. The molecule has 0 aromatic heterocycles. The first-order valence-electron chi connectivity index (χ1n) is 4.38. The molecule has 0 bridgehead atoms. The number of carbonyl (C=O) groups is 1. The van der Waals surface area contributed by atoms with E-state index in [0.717, 1.165) is 14.7 Å². The molecule has 4 nitrogen and oxygen atoms in total. The predicted molar refractivity (Wildman–Crippen MR) is 64.9 cm³/mol. The van der Waals surface area contributed by atoms with Gasteiger partial charge >= 0.3 is 5.97 Å². The lowest BCUT2D eigenvalue weighted by Gasteiger charge is -2.11. The number of nitrogens with two attached hydrogens (primary N) is 1. The Morgan fingerprint density at radius 3 is 2.73 bits per heavy atom. The Labute approximate surface area is 101 Å². The van der Waals surface area contributed by atoms with Gasteiger partial charge in [0.2, 0.25) is 0 Å². The van der Waals surface area contributed by atoms with Crippen LogP contribution in [0.25, 0.3) is 0 Å². The number of carboxylic acid groups (broad SMARTS) is 1. The van der Waals surface area contributed by atoms with Crippen LogP contribution in [-0.4, -0.2) is 22.2 Å². The average Bonchev–Trinajstić information content (AvgIpc) is 2.18. The number of hydrogen-bond donors (Lipinski definition) is 3. The van der Waals surface area contributed by atoms with E-state index in [1.54, 1.807) is 12.1 Å². The van der Waals surface area contributed by atoms with Gasteiger partial charge in [0.1, 0.15) is 11.8 Å². The molecule has 0 saturated carbocycles. The third-order valence-electron chi connectivity index (χ3n) is 2.24. The van der Waals surface area contributed by atoms with Gasteiger partial charge in [-0.05, 0) is 53.1 Å². The number of halogens is 1. The van der Waals surface area contributed by atoms with Crippen LogP contribution in [0.15, 0.2) is 12.1 Å². The maximum Gasteiger partial charge on any atom is 0.320 e. The van der Waals surface area contributed by atoms with Gasteiger partial charge in [0.15, 0.2) is 0 Å². The molecule has 0 fully saturated rings. The summed E-state index contributed by atoms with van der Waals surface area (Å²) >= 11 is 2.02. The second-order valence-electron chi connectivity index (χ2n) is 3.33. The van der Waals surface area contributed by atoms with Gasteiger partial charge in [0, 0.05) is 0 Å². The topological polar surface area (TPSA) is 83.6 Å². The average molecular weight is 321 g/mol. The van der Waals surface area contributed by atoms with E-state index < -0.39 is 12.0 Å². The predicted octanol–water partition coefficient (Wildman–Crippen LogP) is 1.26. The van der Waals surface area contributed by atoms with Crippen LogP contribution in [0.5, 0.6) is 5.75 Å². The lowest BCUT2D eigenvalue weighted by Crippen LogP contribution is -2.32. The van der Waals surface area contributed by atoms with Gasteiger partial charge in [-0.25, -0.2) is 0 Å². The van der Waals surface area contributed by atoms with Crippen molar-refractivity contribution in [3.05, 3.63) is 26.8 Å². The quantitative estimate of drug-likeness (QED) is 0.732. The number of aromatic hydroxyl groups is 1. The molecule has 1 rings (SSSR count). The van der Waals surface area contributed by atoms with Crippen molar-refractivity contribution in [3.63, 3.8) is 0 Å². The summed E-state index contributed by atoms with van der Waals surface area (Å²) in [6.07, 6.45) is 0.275. The van der Waals surface area contributed by atoms with E-state index >= 15 is 0 Å². The molecule has 1 aromatic carbocycles. The van der Waals surface area contributed by atoms with Crippen molar-refractivity contribution in [2.75, 3.05) is 0 Å². The summed E-state index contributed by atoms with van der Waals surface area (Å²) in [7, 11) is 0. The summed E-state index contributed by atoms with van der Waals surface area (Å²) in [5, 5.41) is 18.1.